The Labute approximate surface area is 121 Å². The van der Waals surface area contributed by atoms with E-state index in [-0.39, 0.29) is 6.04 Å². The quantitative estimate of drug-likeness (QED) is 0.713. The summed E-state index contributed by atoms with van der Waals surface area (Å²) in [7, 11) is 0. The Morgan fingerprint density at radius 1 is 1.16 bits per heavy atom. The van der Waals surface area contributed by atoms with E-state index in [4.69, 9.17) is 5.73 Å². The number of unbranched alkanes of at least 4 members (excludes halogenated alkanes) is 3. The lowest BCUT2D eigenvalue weighted by Crippen LogP contribution is -2.21. The maximum Gasteiger partial charge on any atom is 0.0341 e. The minimum Gasteiger partial charge on any atom is -0.324 e. The van der Waals surface area contributed by atoms with Crippen molar-refractivity contribution in [2.75, 3.05) is 18.6 Å². The smallest absolute Gasteiger partial charge is 0.0341 e. The molecule has 1 aliphatic rings. The monoisotopic (exact) mass is 278 g/mol. The van der Waals surface area contributed by atoms with E-state index in [1.165, 1.54) is 42.6 Å². The van der Waals surface area contributed by atoms with Crippen LogP contribution < -0.4 is 11.1 Å². The molecule has 0 fully saturated rings. The summed E-state index contributed by atoms with van der Waals surface area (Å²) >= 11 is 1.95. The maximum absolute atomic E-state index is 6.18. The molecule has 3 heteroatoms. The summed E-state index contributed by atoms with van der Waals surface area (Å²) in [6, 6.07) is 9.29. The molecule has 0 radical (unpaired) electrons. The van der Waals surface area contributed by atoms with E-state index in [1.54, 1.807) is 0 Å². The van der Waals surface area contributed by atoms with Crippen molar-refractivity contribution >= 4 is 11.8 Å². The molecular weight excluding hydrogens is 252 g/mol. The summed E-state index contributed by atoms with van der Waals surface area (Å²) in [5, 5.41) is 3.67. The van der Waals surface area contributed by atoms with Gasteiger partial charge in [0.05, 0.1) is 0 Å². The summed E-state index contributed by atoms with van der Waals surface area (Å²) < 4.78 is 0. The third kappa shape index (κ3) is 4.23. The average Bonchev–Trinajstić information content (AvgIpc) is 2.75. The lowest BCUT2D eigenvalue weighted by molar-refractivity contribution is 0.483. The van der Waals surface area contributed by atoms with Crippen LogP contribution in [0.25, 0.3) is 0 Å². The van der Waals surface area contributed by atoms with Crippen LogP contribution in [-0.4, -0.2) is 18.6 Å². The van der Waals surface area contributed by atoms with E-state index in [1.807, 2.05) is 11.8 Å². The lowest BCUT2D eigenvalue weighted by atomic mass is 10.1. The van der Waals surface area contributed by atoms with Crippen LogP contribution in [0.1, 0.15) is 55.3 Å². The molecule has 0 saturated heterocycles. The van der Waals surface area contributed by atoms with Crippen LogP contribution in [0.5, 0.6) is 0 Å². The summed E-state index contributed by atoms with van der Waals surface area (Å²) in [5.41, 5.74) is 8.93. The molecule has 0 heterocycles. The highest BCUT2D eigenvalue weighted by atomic mass is 32.2. The van der Waals surface area contributed by atoms with Gasteiger partial charge in [-0.2, -0.15) is 11.8 Å². The number of hydrogen-bond donors (Lipinski definition) is 2. The van der Waals surface area contributed by atoms with Crippen LogP contribution in [0.15, 0.2) is 24.3 Å². The fourth-order valence-electron chi connectivity index (χ4n) is 2.87. The molecule has 0 bridgehead atoms. The highest BCUT2D eigenvalue weighted by molar-refractivity contribution is 7.98. The molecule has 2 rings (SSSR count). The SMILES string of the molecule is CSCCCCCCNC1CC(N)c2ccccc21. The molecule has 2 nitrogen and oxygen atoms in total. The first-order valence-corrected chi connectivity index (χ1v) is 8.79. The Hall–Kier alpha value is -0.510. The summed E-state index contributed by atoms with van der Waals surface area (Å²) in [4.78, 5) is 0. The van der Waals surface area contributed by atoms with Crippen molar-refractivity contribution in [3.05, 3.63) is 35.4 Å². The molecule has 0 aromatic heterocycles. The van der Waals surface area contributed by atoms with Crippen LogP contribution in [0.4, 0.5) is 0 Å². The zero-order valence-corrected chi connectivity index (χ0v) is 12.7. The first-order chi connectivity index (χ1) is 9.33. The standard InChI is InChI=1S/C16H26N2S/c1-19-11-7-3-2-6-10-18-16-12-15(17)13-8-4-5-9-14(13)16/h4-5,8-9,15-16,18H,2-3,6-7,10-12,17H2,1H3. The molecular formula is C16H26N2S. The fourth-order valence-corrected chi connectivity index (χ4v) is 3.36. The number of nitrogens with one attached hydrogen (secondary N) is 1. The van der Waals surface area contributed by atoms with Crippen molar-refractivity contribution in [1.82, 2.24) is 5.32 Å². The second kappa shape index (κ2) is 7.93. The molecule has 2 unspecified atom stereocenters. The van der Waals surface area contributed by atoms with Crippen LogP contribution in [-0.2, 0) is 0 Å². The topological polar surface area (TPSA) is 38.0 Å². The normalized spacial score (nSPS) is 21.6. The van der Waals surface area contributed by atoms with Crippen molar-refractivity contribution in [1.29, 1.82) is 0 Å². The highest BCUT2D eigenvalue weighted by Gasteiger charge is 2.27. The van der Waals surface area contributed by atoms with Gasteiger partial charge in [0.15, 0.2) is 0 Å². The van der Waals surface area contributed by atoms with E-state index in [0.717, 1.165) is 13.0 Å². The van der Waals surface area contributed by atoms with Crippen LogP contribution in [0.2, 0.25) is 0 Å². The molecule has 0 spiro atoms. The van der Waals surface area contributed by atoms with Gasteiger partial charge in [-0.25, -0.2) is 0 Å². The first-order valence-electron chi connectivity index (χ1n) is 7.39. The van der Waals surface area contributed by atoms with Gasteiger partial charge < -0.3 is 11.1 Å². The third-order valence-electron chi connectivity index (χ3n) is 3.93. The average molecular weight is 278 g/mol. The van der Waals surface area contributed by atoms with E-state index < -0.39 is 0 Å². The lowest BCUT2D eigenvalue weighted by Gasteiger charge is -2.13. The van der Waals surface area contributed by atoms with Gasteiger partial charge in [-0.05, 0) is 48.9 Å². The molecule has 0 saturated carbocycles. The molecule has 0 amide bonds. The Balaban J connectivity index is 1.68. The van der Waals surface area contributed by atoms with Crippen molar-refractivity contribution < 1.29 is 0 Å². The van der Waals surface area contributed by atoms with E-state index in [9.17, 15) is 0 Å². The van der Waals surface area contributed by atoms with Gasteiger partial charge in [0.2, 0.25) is 0 Å². The number of rotatable bonds is 8. The second-order valence-corrected chi connectivity index (χ2v) is 6.37. The van der Waals surface area contributed by atoms with Gasteiger partial charge in [0.25, 0.3) is 0 Å². The van der Waals surface area contributed by atoms with Crippen molar-refractivity contribution in [3.63, 3.8) is 0 Å². The van der Waals surface area contributed by atoms with Gasteiger partial charge in [0.1, 0.15) is 0 Å². The summed E-state index contributed by atoms with van der Waals surface area (Å²) in [5.74, 6) is 1.30. The van der Waals surface area contributed by atoms with Crippen molar-refractivity contribution in [2.24, 2.45) is 5.73 Å². The number of hydrogen-bond acceptors (Lipinski definition) is 3. The molecule has 1 aliphatic carbocycles. The Morgan fingerprint density at radius 2 is 1.89 bits per heavy atom. The zero-order valence-electron chi connectivity index (χ0n) is 11.9. The number of thioether (sulfide) groups is 1. The Morgan fingerprint density at radius 3 is 2.68 bits per heavy atom. The molecule has 106 valence electrons. The van der Waals surface area contributed by atoms with Gasteiger partial charge in [0, 0.05) is 12.1 Å². The zero-order chi connectivity index (χ0) is 13.5. The van der Waals surface area contributed by atoms with Gasteiger partial charge in [-0.3, -0.25) is 0 Å². The minimum atomic E-state index is 0.218. The van der Waals surface area contributed by atoms with Gasteiger partial charge in [-0.1, -0.05) is 37.1 Å². The summed E-state index contributed by atoms with van der Waals surface area (Å²) in [6.45, 7) is 1.12. The second-order valence-electron chi connectivity index (χ2n) is 5.38. The maximum atomic E-state index is 6.18. The van der Waals surface area contributed by atoms with E-state index >= 15 is 0 Å². The number of fused-ring (bicyclic) bond motifs is 1. The van der Waals surface area contributed by atoms with Crippen molar-refractivity contribution in [2.45, 2.75) is 44.2 Å². The predicted octanol–water partition coefficient (Wildman–Crippen LogP) is 3.64. The third-order valence-corrected chi connectivity index (χ3v) is 4.62. The van der Waals surface area contributed by atoms with Gasteiger partial charge >= 0.3 is 0 Å². The van der Waals surface area contributed by atoms with E-state index in [0.29, 0.717) is 6.04 Å². The molecule has 1 aromatic rings. The van der Waals surface area contributed by atoms with Crippen LogP contribution >= 0.6 is 11.8 Å². The van der Waals surface area contributed by atoms with Crippen molar-refractivity contribution in [3.8, 4) is 0 Å². The molecule has 19 heavy (non-hydrogen) atoms. The molecule has 2 atom stereocenters. The number of nitrogens with two attached hydrogens (primary N) is 1. The number of benzene rings is 1. The minimum absolute atomic E-state index is 0.218. The first kappa shape index (κ1) is 14.9. The Kier molecular flexibility index (Phi) is 6.21. The predicted molar refractivity (Wildman–Crippen MR) is 85.6 cm³/mol. The molecule has 1 aromatic carbocycles. The Bertz CT molecular complexity index is 381. The largest absolute Gasteiger partial charge is 0.324 e. The van der Waals surface area contributed by atoms with Crippen LogP contribution in [0, 0.1) is 0 Å². The van der Waals surface area contributed by atoms with E-state index in [2.05, 4.69) is 35.8 Å². The highest BCUT2D eigenvalue weighted by Crippen LogP contribution is 2.36. The van der Waals surface area contributed by atoms with Crippen LogP contribution in [0.3, 0.4) is 0 Å². The van der Waals surface area contributed by atoms with Gasteiger partial charge in [-0.15, -0.1) is 0 Å². The molecule has 0 aliphatic heterocycles. The fraction of sp³-hybridized carbons (Fsp3) is 0.625. The summed E-state index contributed by atoms with van der Waals surface area (Å²) in [6.07, 6.45) is 8.58. The molecule has 3 N–H and O–H groups in total.